The highest BCUT2D eigenvalue weighted by atomic mass is 32.2. The molecule has 0 fully saturated rings. The first-order chi connectivity index (χ1) is 11.1. The van der Waals surface area contributed by atoms with Gasteiger partial charge >= 0.3 is 5.97 Å². The number of nitrogens with one attached hydrogen (secondary N) is 1. The van der Waals surface area contributed by atoms with Crippen molar-refractivity contribution in [2.45, 2.75) is 37.1 Å². The van der Waals surface area contributed by atoms with Crippen LogP contribution < -0.4 is 5.32 Å². The maximum atomic E-state index is 11.7. The second-order valence-electron chi connectivity index (χ2n) is 5.15. The lowest BCUT2D eigenvalue weighted by Crippen LogP contribution is -2.35. The van der Waals surface area contributed by atoms with E-state index in [1.165, 1.54) is 11.8 Å². The van der Waals surface area contributed by atoms with Gasteiger partial charge in [0, 0.05) is 6.04 Å². The molecule has 0 aliphatic carbocycles. The molecule has 1 heterocycles. The van der Waals surface area contributed by atoms with Gasteiger partial charge in [-0.25, -0.2) is 4.98 Å². The van der Waals surface area contributed by atoms with Gasteiger partial charge in [-0.15, -0.1) is 11.3 Å². The van der Waals surface area contributed by atoms with Gasteiger partial charge in [0.1, 0.15) is 0 Å². The van der Waals surface area contributed by atoms with Crippen LogP contribution >= 0.6 is 23.1 Å². The molecule has 0 saturated heterocycles. The van der Waals surface area contributed by atoms with E-state index in [9.17, 15) is 9.59 Å². The van der Waals surface area contributed by atoms with Crippen molar-refractivity contribution < 1.29 is 14.3 Å². The van der Waals surface area contributed by atoms with Gasteiger partial charge in [-0.05, 0) is 25.5 Å². The van der Waals surface area contributed by atoms with Crippen LogP contribution in [0.4, 0.5) is 0 Å². The summed E-state index contributed by atoms with van der Waals surface area (Å²) in [7, 11) is 0. The Morgan fingerprint density at radius 2 is 2.17 bits per heavy atom. The fraction of sp³-hybridized carbons (Fsp3) is 0.438. The summed E-state index contributed by atoms with van der Waals surface area (Å²) in [6.45, 7) is 3.77. The Morgan fingerprint density at radius 1 is 1.39 bits per heavy atom. The van der Waals surface area contributed by atoms with Crippen molar-refractivity contribution in [1.29, 1.82) is 0 Å². The molecule has 1 aromatic heterocycles. The summed E-state index contributed by atoms with van der Waals surface area (Å²) in [5, 5.41) is 2.79. The first kappa shape index (κ1) is 17.7. The van der Waals surface area contributed by atoms with Crippen molar-refractivity contribution in [3.05, 3.63) is 24.3 Å². The third-order valence-corrected chi connectivity index (χ3v) is 5.23. The van der Waals surface area contributed by atoms with E-state index in [1.807, 2.05) is 31.2 Å². The lowest BCUT2D eigenvalue weighted by Gasteiger charge is -2.12. The molecule has 2 rings (SSSR count). The van der Waals surface area contributed by atoms with Gasteiger partial charge in [-0.3, -0.25) is 9.59 Å². The molecule has 0 aliphatic rings. The van der Waals surface area contributed by atoms with Crippen LogP contribution in [0.5, 0.6) is 0 Å². The first-order valence-electron chi connectivity index (χ1n) is 7.52. The molecule has 124 valence electrons. The van der Waals surface area contributed by atoms with Gasteiger partial charge in [0.05, 0.1) is 16.0 Å². The van der Waals surface area contributed by atoms with E-state index in [0.717, 1.165) is 27.4 Å². The fourth-order valence-electron chi connectivity index (χ4n) is 2.04. The minimum Gasteiger partial charge on any atom is -0.455 e. The Hall–Kier alpha value is -1.60. The molecule has 7 heteroatoms. The van der Waals surface area contributed by atoms with Crippen LogP contribution in [0.25, 0.3) is 10.2 Å². The SMILES string of the molecule is CCC[C@H](C)NC(=O)COC(=O)CSc1nc2ccccc2s1. The Bertz CT molecular complexity index is 639. The fourth-order valence-corrected chi connectivity index (χ4v) is 3.91. The van der Waals surface area contributed by atoms with Gasteiger partial charge < -0.3 is 10.1 Å². The topological polar surface area (TPSA) is 68.3 Å². The zero-order valence-electron chi connectivity index (χ0n) is 13.2. The number of rotatable bonds is 8. The monoisotopic (exact) mass is 352 g/mol. The standard InChI is InChI=1S/C16H20N2O3S2/c1-3-6-11(2)17-14(19)9-21-15(20)10-22-16-18-12-7-4-5-8-13(12)23-16/h4-5,7-8,11H,3,6,9-10H2,1-2H3,(H,17,19)/t11-/m0/s1. The number of hydrogen-bond donors (Lipinski definition) is 1. The highest BCUT2D eigenvalue weighted by molar-refractivity contribution is 8.01. The quantitative estimate of drug-likeness (QED) is 0.583. The van der Waals surface area contributed by atoms with E-state index in [-0.39, 0.29) is 24.3 Å². The third-order valence-electron chi connectivity index (χ3n) is 3.08. The van der Waals surface area contributed by atoms with Gasteiger partial charge in [-0.1, -0.05) is 37.2 Å². The highest BCUT2D eigenvalue weighted by Crippen LogP contribution is 2.29. The molecule has 1 amide bonds. The number of benzene rings is 1. The summed E-state index contributed by atoms with van der Waals surface area (Å²) in [5.41, 5.74) is 0.928. The van der Waals surface area contributed by atoms with Crippen molar-refractivity contribution in [2.75, 3.05) is 12.4 Å². The van der Waals surface area contributed by atoms with Crippen LogP contribution in [-0.4, -0.2) is 35.3 Å². The molecule has 0 spiro atoms. The van der Waals surface area contributed by atoms with Crippen LogP contribution in [0.3, 0.4) is 0 Å². The van der Waals surface area contributed by atoms with E-state index in [0.29, 0.717) is 0 Å². The molecule has 23 heavy (non-hydrogen) atoms. The zero-order chi connectivity index (χ0) is 16.7. The van der Waals surface area contributed by atoms with Crippen molar-refractivity contribution in [1.82, 2.24) is 10.3 Å². The summed E-state index contributed by atoms with van der Waals surface area (Å²) in [4.78, 5) is 27.8. The number of para-hydroxylation sites is 1. The number of esters is 1. The van der Waals surface area contributed by atoms with Gasteiger partial charge in [0.15, 0.2) is 10.9 Å². The number of ether oxygens (including phenoxy) is 1. The molecule has 0 aliphatic heterocycles. The molecule has 5 nitrogen and oxygen atoms in total. The predicted molar refractivity (Wildman–Crippen MR) is 93.8 cm³/mol. The second-order valence-corrected chi connectivity index (χ2v) is 7.41. The number of nitrogens with zero attached hydrogens (tertiary/aromatic N) is 1. The molecule has 0 radical (unpaired) electrons. The third kappa shape index (κ3) is 5.84. The number of hydrogen-bond acceptors (Lipinski definition) is 6. The summed E-state index contributed by atoms with van der Waals surface area (Å²) < 4.78 is 6.90. The number of amides is 1. The lowest BCUT2D eigenvalue weighted by atomic mass is 10.2. The lowest BCUT2D eigenvalue weighted by molar-refractivity contribution is -0.146. The second kappa shape index (κ2) is 8.88. The molecule has 2 aromatic rings. The predicted octanol–water partition coefficient (Wildman–Crippen LogP) is 3.24. The Balaban J connectivity index is 1.71. The van der Waals surface area contributed by atoms with E-state index in [2.05, 4.69) is 17.2 Å². The number of fused-ring (bicyclic) bond motifs is 1. The first-order valence-corrected chi connectivity index (χ1v) is 9.32. The number of thioether (sulfide) groups is 1. The van der Waals surface area contributed by atoms with Crippen molar-refractivity contribution in [3.63, 3.8) is 0 Å². The molecular formula is C16H20N2O3S2. The van der Waals surface area contributed by atoms with Crippen molar-refractivity contribution >= 4 is 45.2 Å². The van der Waals surface area contributed by atoms with Crippen LogP contribution in [0, 0.1) is 0 Å². The Morgan fingerprint density at radius 3 is 2.91 bits per heavy atom. The molecular weight excluding hydrogens is 332 g/mol. The van der Waals surface area contributed by atoms with Gasteiger partial charge in [0.2, 0.25) is 0 Å². The molecule has 0 bridgehead atoms. The highest BCUT2D eigenvalue weighted by Gasteiger charge is 2.12. The largest absolute Gasteiger partial charge is 0.455 e. The average molecular weight is 352 g/mol. The summed E-state index contributed by atoms with van der Waals surface area (Å²) >= 11 is 2.87. The normalized spacial score (nSPS) is 12.1. The Kier molecular flexibility index (Phi) is 6.85. The summed E-state index contributed by atoms with van der Waals surface area (Å²) in [5.74, 6) is -0.519. The number of thiazole rings is 1. The molecule has 1 atom stereocenters. The number of aromatic nitrogens is 1. The zero-order valence-corrected chi connectivity index (χ0v) is 14.8. The van der Waals surface area contributed by atoms with E-state index in [1.54, 1.807) is 11.3 Å². The van der Waals surface area contributed by atoms with Crippen molar-refractivity contribution in [3.8, 4) is 0 Å². The summed E-state index contributed by atoms with van der Waals surface area (Å²) in [6.07, 6.45) is 1.91. The molecule has 0 unspecified atom stereocenters. The van der Waals surface area contributed by atoms with Crippen molar-refractivity contribution in [2.24, 2.45) is 0 Å². The average Bonchev–Trinajstić information content (AvgIpc) is 2.94. The van der Waals surface area contributed by atoms with E-state index < -0.39 is 5.97 Å². The van der Waals surface area contributed by atoms with Crippen LogP contribution in [0.15, 0.2) is 28.6 Å². The number of carbonyl (C=O) groups excluding carboxylic acids is 2. The van der Waals surface area contributed by atoms with Crippen LogP contribution in [0.1, 0.15) is 26.7 Å². The molecule has 1 N–H and O–H groups in total. The summed E-state index contributed by atoms with van der Waals surface area (Å²) in [6, 6.07) is 7.93. The maximum absolute atomic E-state index is 11.7. The molecule has 1 aromatic carbocycles. The van der Waals surface area contributed by atoms with Crippen LogP contribution in [0.2, 0.25) is 0 Å². The Labute approximate surface area is 143 Å². The minimum absolute atomic E-state index is 0.100. The molecule has 0 saturated carbocycles. The number of carbonyl (C=O) groups is 2. The van der Waals surface area contributed by atoms with Gasteiger partial charge in [0.25, 0.3) is 5.91 Å². The van der Waals surface area contributed by atoms with Gasteiger partial charge in [-0.2, -0.15) is 0 Å². The maximum Gasteiger partial charge on any atom is 0.316 e. The van der Waals surface area contributed by atoms with E-state index in [4.69, 9.17) is 4.74 Å². The smallest absolute Gasteiger partial charge is 0.316 e. The van der Waals surface area contributed by atoms with E-state index >= 15 is 0 Å². The minimum atomic E-state index is -0.410. The van der Waals surface area contributed by atoms with Crippen LogP contribution in [-0.2, 0) is 14.3 Å².